The molecular formula is C26H23F6N5O5S. The summed E-state index contributed by atoms with van der Waals surface area (Å²) in [5.74, 6) is -5.46. The Morgan fingerprint density at radius 2 is 1.67 bits per heavy atom. The van der Waals surface area contributed by atoms with Gasteiger partial charge in [-0.1, -0.05) is 35.6 Å². The van der Waals surface area contributed by atoms with E-state index in [0.717, 1.165) is 38.8 Å². The number of thiazole rings is 1. The van der Waals surface area contributed by atoms with Gasteiger partial charge >= 0.3 is 24.3 Å². The topological polar surface area (TPSA) is 170 Å². The van der Waals surface area contributed by atoms with Crippen molar-refractivity contribution in [1.29, 1.82) is 0 Å². The lowest BCUT2D eigenvalue weighted by Gasteiger charge is -2.11. The molecule has 1 amide bonds. The third-order valence-electron chi connectivity index (χ3n) is 5.68. The van der Waals surface area contributed by atoms with E-state index in [1.54, 1.807) is 11.3 Å². The number of aromatic amines is 1. The molecule has 0 radical (unpaired) electrons. The van der Waals surface area contributed by atoms with Gasteiger partial charge in [0.2, 0.25) is 5.91 Å². The Hall–Kier alpha value is -4.64. The number of halogens is 6. The fraction of sp³-hybridized carbons (Fsp3) is 0.231. The summed E-state index contributed by atoms with van der Waals surface area (Å²) in [4.78, 5) is 38.2. The van der Waals surface area contributed by atoms with Crippen LogP contribution in [0.4, 0.5) is 37.2 Å². The van der Waals surface area contributed by atoms with E-state index in [1.807, 2.05) is 36.7 Å². The molecule has 17 heteroatoms. The van der Waals surface area contributed by atoms with Crippen LogP contribution in [0.3, 0.4) is 0 Å². The number of nitrogens with one attached hydrogen (secondary N) is 3. The van der Waals surface area contributed by atoms with Crippen molar-refractivity contribution in [2.45, 2.75) is 31.2 Å². The molecule has 1 aliphatic heterocycles. The standard InChI is InChI=1S/C22H21N5OS.2C2HF3O2/c23-16(8-15-10-24-19-4-2-1-3-17(15)19)11-25-22-26-12-20(29-22)13-5-6-18-14(7-13)9-21(28)27-18;2*3-2(4,5)1(6)7/h1-7,10,12,16,24H,8-9,11,23H2,(H,25,26)(H,27,28);2*(H,6,7)/t16-;;/m0../s1. The van der Waals surface area contributed by atoms with Crippen molar-refractivity contribution in [3.63, 3.8) is 0 Å². The second-order valence-corrected chi connectivity index (χ2v) is 9.97. The summed E-state index contributed by atoms with van der Waals surface area (Å²) in [6.07, 6.45) is -5.03. The molecule has 0 fully saturated rings. The third kappa shape index (κ3) is 9.44. The highest BCUT2D eigenvalue weighted by atomic mass is 32.1. The molecule has 0 bridgehead atoms. The number of aromatic nitrogens is 2. The van der Waals surface area contributed by atoms with Gasteiger partial charge < -0.3 is 31.6 Å². The number of rotatable bonds is 6. The van der Waals surface area contributed by atoms with E-state index in [2.05, 4.69) is 38.8 Å². The zero-order valence-corrected chi connectivity index (χ0v) is 22.5. The largest absolute Gasteiger partial charge is 0.490 e. The molecule has 2 aromatic carbocycles. The van der Waals surface area contributed by atoms with Gasteiger partial charge in [-0.05, 0) is 41.3 Å². The van der Waals surface area contributed by atoms with Crippen LogP contribution in [-0.2, 0) is 27.2 Å². The molecule has 3 heterocycles. The number of hydrogen-bond donors (Lipinski definition) is 6. The number of nitrogens with zero attached hydrogens (tertiary/aromatic N) is 1. The van der Waals surface area contributed by atoms with Gasteiger partial charge in [-0.2, -0.15) is 26.3 Å². The van der Waals surface area contributed by atoms with Crippen LogP contribution in [0.5, 0.6) is 0 Å². The molecule has 43 heavy (non-hydrogen) atoms. The van der Waals surface area contributed by atoms with Crippen molar-refractivity contribution in [2.75, 3.05) is 17.2 Å². The van der Waals surface area contributed by atoms with E-state index in [1.165, 1.54) is 10.9 Å². The van der Waals surface area contributed by atoms with E-state index in [-0.39, 0.29) is 11.9 Å². The summed E-state index contributed by atoms with van der Waals surface area (Å²) in [7, 11) is 0. The Bertz CT molecular complexity index is 1580. The summed E-state index contributed by atoms with van der Waals surface area (Å²) < 4.78 is 63.5. The number of benzene rings is 2. The maximum Gasteiger partial charge on any atom is 0.490 e. The van der Waals surface area contributed by atoms with Crippen LogP contribution in [0.2, 0.25) is 0 Å². The second-order valence-electron chi connectivity index (χ2n) is 8.94. The van der Waals surface area contributed by atoms with Crippen LogP contribution in [-0.4, -0.2) is 63.0 Å². The molecule has 5 rings (SSSR count). The number of para-hydroxylation sites is 1. The van der Waals surface area contributed by atoms with Crippen molar-refractivity contribution >= 4 is 50.9 Å². The van der Waals surface area contributed by atoms with Crippen LogP contribution in [0.1, 0.15) is 11.1 Å². The highest BCUT2D eigenvalue weighted by molar-refractivity contribution is 7.18. The second kappa shape index (κ2) is 13.6. The van der Waals surface area contributed by atoms with E-state index in [4.69, 9.17) is 25.5 Å². The van der Waals surface area contributed by atoms with Crippen molar-refractivity contribution < 1.29 is 50.9 Å². The SMILES string of the molecule is N[C@H](CNc1ncc(-c2ccc3c(c2)CC(=O)N3)s1)Cc1c[nH]c2ccccc12.O=C(O)C(F)(F)F.O=C(O)C(F)(F)F. The molecular weight excluding hydrogens is 608 g/mol. The summed E-state index contributed by atoms with van der Waals surface area (Å²) >= 11 is 1.60. The van der Waals surface area contributed by atoms with Crippen molar-refractivity contribution in [2.24, 2.45) is 5.73 Å². The minimum absolute atomic E-state index is 0.0152. The number of aliphatic carboxylic acids is 2. The maximum absolute atomic E-state index is 11.5. The van der Waals surface area contributed by atoms with E-state index >= 15 is 0 Å². The number of nitrogens with two attached hydrogens (primary N) is 1. The average Bonchev–Trinajstić information content (AvgIpc) is 3.65. The zero-order chi connectivity index (χ0) is 31.9. The quantitative estimate of drug-likeness (QED) is 0.161. The number of carboxylic acid groups (broad SMARTS) is 2. The number of amides is 1. The van der Waals surface area contributed by atoms with Crippen LogP contribution in [0, 0.1) is 0 Å². The number of fused-ring (bicyclic) bond motifs is 2. The molecule has 0 unspecified atom stereocenters. The van der Waals surface area contributed by atoms with Crippen LogP contribution < -0.4 is 16.4 Å². The minimum Gasteiger partial charge on any atom is -0.475 e. The van der Waals surface area contributed by atoms with Gasteiger partial charge in [0.15, 0.2) is 5.13 Å². The smallest absolute Gasteiger partial charge is 0.475 e. The van der Waals surface area contributed by atoms with Gasteiger partial charge in [0.05, 0.1) is 11.3 Å². The lowest BCUT2D eigenvalue weighted by atomic mass is 10.1. The van der Waals surface area contributed by atoms with Crippen LogP contribution in [0.25, 0.3) is 21.3 Å². The van der Waals surface area contributed by atoms with Gasteiger partial charge in [0.25, 0.3) is 0 Å². The molecule has 4 aromatic rings. The molecule has 230 valence electrons. The van der Waals surface area contributed by atoms with Crippen molar-refractivity contribution in [3.05, 3.63) is 66.0 Å². The van der Waals surface area contributed by atoms with E-state index < -0.39 is 24.3 Å². The number of hydrogen-bond acceptors (Lipinski definition) is 7. The number of alkyl halides is 6. The average molecular weight is 632 g/mol. The van der Waals surface area contributed by atoms with Gasteiger partial charge in [-0.3, -0.25) is 4.79 Å². The monoisotopic (exact) mass is 631 g/mol. The first-order valence-corrected chi connectivity index (χ1v) is 12.9. The predicted molar refractivity (Wildman–Crippen MR) is 146 cm³/mol. The van der Waals surface area contributed by atoms with Gasteiger partial charge in [0.1, 0.15) is 0 Å². The Morgan fingerprint density at radius 3 is 2.30 bits per heavy atom. The Kier molecular flexibility index (Phi) is 10.4. The first kappa shape index (κ1) is 32.9. The normalized spacial score (nSPS) is 13.1. The lowest BCUT2D eigenvalue weighted by Crippen LogP contribution is -2.31. The number of carbonyl (C=O) groups excluding carboxylic acids is 1. The molecule has 0 saturated heterocycles. The van der Waals surface area contributed by atoms with Crippen LogP contribution in [0.15, 0.2) is 54.9 Å². The van der Waals surface area contributed by atoms with E-state index in [9.17, 15) is 31.1 Å². The minimum atomic E-state index is -5.08. The number of carbonyl (C=O) groups is 3. The fourth-order valence-electron chi connectivity index (χ4n) is 3.75. The third-order valence-corrected chi connectivity index (χ3v) is 6.68. The van der Waals surface area contributed by atoms with Crippen molar-refractivity contribution in [3.8, 4) is 10.4 Å². The molecule has 10 nitrogen and oxygen atoms in total. The number of anilines is 2. The Morgan fingerprint density at radius 1 is 1.05 bits per heavy atom. The first-order chi connectivity index (χ1) is 20.0. The zero-order valence-electron chi connectivity index (χ0n) is 21.7. The summed E-state index contributed by atoms with van der Waals surface area (Å²) in [6, 6.07) is 14.3. The highest BCUT2D eigenvalue weighted by Gasteiger charge is 2.38. The summed E-state index contributed by atoms with van der Waals surface area (Å²) in [5, 5.41) is 22.6. The molecule has 7 N–H and O–H groups in total. The molecule has 0 saturated carbocycles. The lowest BCUT2D eigenvalue weighted by molar-refractivity contribution is -0.193. The molecule has 2 aromatic heterocycles. The fourth-order valence-corrected chi connectivity index (χ4v) is 4.56. The van der Waals surface area contributed by atoms with Crippen LogP contribution >= 0.6 is 11.3 Å². The molecule has 0 aliphatic carbocycles. The van der Waals surface area contributed by atoms with Gasteiger partial charge in [-0.25, -0.2) is 14.6 Å². The van der Waals surface area contributed by atoms with E-state index in [0.29, 0.717) is 13.0 Å². The number of H-pyrrole nitrogens is 1. The van der Waals surface area contributed by atoms with Gasteiger partial charge in [-0.15, -0.1) is 0 Å². The van der Waals surface area contributed by atoms with Gasteiger partial charge in [0, 0.05) is 41.6 Å². The Balaban J connectivity index is 0.000000303. The number of carboxylic acids is 2. The summed E-state index contributed by atoms with van der Waals surface area (Å²) in [6.45, 7) is 0.648. The predicted octanol–water partition coefficient (Wildman–Crippen LogP) is 5.03. The maximum atomic E-state index is 11.5. The summed E-state index contributed by atoms with van der Waals surface area (Å²) in [5.41, 5.74) is 11.8. The molecule has 0 spiro atoms. The molecule has 1 atom stereocenters. The Labute approximate surface area is 242 Å². The van der Waals surface area contributed by atoms with Crippen molar-refractivity contribution in [1.82, 2.24) is 9.97 Å². The highest BCUT2D eigenvalue weighted by Crippen LogP contribution is 2.33. The molecule has 1 aliphatic rings. The first-order valence-electron chi connectivity index (χ1n) is 12.1.